The van der Waals surface area contributed by atoms with Gasteiger partial charge in [-0.05, 0) is 57.9 Å². The van der Waals surface area contributed by atoms with Gasteiger partial charge in [-0.3, -0.25) is 0 Å². The van der Waals surface area contributed by atoms with Crippen LogP contribution in [0.4, 0.5) is 0 Å². The van der Waals surface area contributed by atoms with Crippen LogP contribution in [0.5, 0.6) is 0 Å². The number of aryl methyl sites for hydroxylation is 1. The number of aromatic nitrogens is 2. The maximum Gasteiger partial charge on any atom is 0.106 e. The predicted octanol–water partition coefficient (Wildman–Crippen LogP) is 6.78. The Bertz CT molecular complexity index is 1090. The van der Waals surface area contributed by atoms with Crippen molar-refractivity contribution in [1.82, 2.24) is 9.97 Å². The minimum absolute atomic E-state index is 0.674. The lowest BCUT2D eigenvalue weighted by molar-refractivity contribution is 0.418. The lowest BCUT2D eigenvalue weighted by Crippen LogP contribution is -2.07. The van der Waals surface area contributed by atoms with Crippen LogP contribution >= 0.6 is 0 Å². The van der Waals surface area contributed by atoms with E-state index in [0.717, 1.165) is 29.7 Å². The molecular weight excluding hydrogens is 328 g/mol. The molecule has 0 radical (unpaired) electrons. The van der Waals surface area contributed by atoms with Gasteiger partial charge in [-0.2, -0.15) is 0 Å². The quantitative estimate of drug-likeness (QED) is 0.419. The average molecular weight is 357 g/mol. The first kappa shape index (κ1) is 17.8. The summed E-state index contributed by atoms with van der Waals surface area (Å²) in [6.45, 7) is 9.10. The fourth-order valence-corrected chi connectivity index (χ4v) is 3.78. The van der Waals surface area contributed by atoms with Crippen LogP contribution in [0, 0.1) is 11.8 Å². The molecule has 2 heteroatoms. The maximum absolute atomic E-state index is 4.64. The van der Waals surface area contributed by atoms with Crippen LogP contribution in [0.15, 0.2) is 54.6 Å². The molecule has 1 heterocycles. The summed E-state index contributed by atoms with van der Waals surface area (Å²) < 4.78 is 0. The van der Waals surface area contributed by atoms with Crippen molar-refractivity contribution in [3.8, 4) is 11.1 Å². The molecule has 0 saturated heterocycles. The highest BCUT2D eigenvalue weighted by molar-refractivity contribution is 5.99. The summed E-state index contributed by atoms with van der Waals surface area (Å²) in [5.74, 6) is 2.41. The lowest BCUT2D eigenvalue weighted by atomic mass is 9.87. The van der Waals surface area contributed by atoms with Crippen molar-refractivity contribution < 1.29 is 0 Å². The summed E-state index contributed by atoms with van der Waals surface area (Å²) in [4.78, 5) is 8.08. The predicted molar refractivity (Wildman–Crippen MR) is 116 cm³/mol. The van der Waals surface area contributed by atoms with Gasteiger partial charge < -0.3 is 4.98 Å². The van der Waals surface area contributed by atoms with Crippen LogP contribution in [-0.2, 0) is 12.8 Å². The number of nitrogens with zero attached hydrogens (tertiary/aromatic N) is 1. The summed E-state index contributed by atoms with van der Waals surface area (Å²) in [7, 11) is 0. The Balaban J connectivity index is 1.82. The minimum Gasteiger partial charge on any atom is -0.342 e. The molecule has 0 amide bonds. The molecule has 27 heavy (non-hydrogen) atoms. The molecule has 0 bridgehead atoms. The molecular formula is C25H28N2. The van der Waals surface area contributed by atoms with E-state index >= 15 is 0 Å². The Labute approximate surface area is 161 Å². The molecule has 1 N–H and O–H groups in total. The molecule has 2 nitrogen and oxygen atoms in total. The third kappa shape index (κ3) is 3.37. The summed E-state index contributed by atoms with van der Waals surface area (Å²) in [6.07, 6.45) is 2.05. The highest BCUT2D eigenvalue weighted by atomic mass is 14.9. The van der Waals surface area contributed by atoms with Crippen LogP contribution in [0.1, 0.15) is 39.1 Å². The first-order valence-corrected chi connectivity index (χ1v) is 10.1. The molecule has 138 valence electrons. The van der Waals surface area contributed by atoms with Crippen molar-refractivity contribution in [2.24, 2.45) is 11.8 Å². The summed E-state index contributed by atoms with van der Waals surface area (Å²) in [5, 5.41) is 2.71. The van der Waals surface area contributed by atoms with E-state index in [1.807, 2.05) is 0 Å². The molecule has 1 aromatic heterocycles. The normalized spacial score (nSPS) is 12.9. The van der Waals surface area contributed by atoms with E-state index in [9.17, 15) is 0 Å². The number of hydrogen-bond acceptors (Lipinski definition) is 1. The largest absolute Gasteiger partial charge is 0.342 e. The van der Waals surface area contributed by atoms with E-state index in [0.29, 0.717) is 11.8 Å². The molecule has 4 aromatic rings. The second-order valence-corrected chi connectivity index (χ2v) is 8.01. The average Bonchev–Trinajstić information content (AvgIpc) is 3.10. The van der Waals surface area contributed by atoms with Crippen molar-refractivity contribution in [3.63, 3.8) is 0 Å². The van der Waals surface area contributed by atoms with Crippen LogP contribution < -0.4 is 0 Å². The number of H-pyrrole nitrogens is 1. The first-order valence-electron chi connectivity index (χ1n) is 10.1. The second kappa shape index (κ2) is 7.19. The number of nitrogens with one attached hydrogen (secondary N) is 1. The van der Waals surface area contributed by atoms with Gasteiger partial charge in [0.15, 0.2) is 0 Å². The standard InChI is InChI=1S/C25H28N2/c1-5-25-26-23-13-12-19(15-24(23)27-25)21-10-7-9-20-18(8-6-11-22(20)21)14-17(4)16(2)3/h6-13,15-17H,5,14H2,1-4H3,(H,26,27). The maximum atomic E-state index is 4.64. The van der Waals surface area contributed by atoms with E-state index in [-0.39, 0.29) is 0 Å². The van der Waals surface area contributed by atoms with Gasteiger partial charge in [-0.25, -0.2) is 4.98 Å². The topological polar surface area (TPSA) is 28.7 Å². The molecule has 0 fully saturated rings. The summed E-state index contributed by atoms with van der Waals surface area (Å²) in [5.41, 5.74) is 6.15. The van der Waals surface area contributed by atoms with Crippen LogP contribution in [0.25, 0.3) is 32.9 Å². The van der Waals surface area contributed by atoms with Crippen molar-refractivity contribution in [2.45, 2.75) is 40.5 Å². The monoisotopic (exact) mass is 356 g/mol. The molecule has 0 spiro atoms. The van der Waals surface area contributed by atoms with Crippen molar-refractivity contribution in [2.75, 3.05) is 0 Å². The fraction of sp³-hybridized carbons (Fsp3) is 0.320. The van der Waals surface area contributed by atoms with Gasteiger partial charge in [-0.15, -0.1) is 0 Å². The Morgan fingerprint density at radius 1 is 0.926 bits per heavy atom. The Morgan fingerprint density at radius 2 is 1.70 bits per heavy atom. The lowest BCUT2D eigenvalue weighted by Gasteiger charge is -2.17. The summed E-state index contributed by atoms with van der Waals surface area (Å²) in [6, 6.07) is 20.0. The second-order valence-electron chi connectivity index (χ2n) is 8.01. The molecule has 0 aliphatic heterocycles. The van der Waals surface area contributed by atoms with Gasteiger partial charge in [-0.1, -0.05) is 70.2 Å². The number of benzene rings is 3. The minimum atomic E-state index is 0.674. The zero-order valence-corrected chi connectivity index (χ0v) is 16.7. The van der Waals surface area contributed by atoms with Gasteiger partial charge in [0.25, 0.3) is 0 Å². The molecule has 0 aliphatic rings. The van der Waals surface area contributed by atoms with E-state index in [4.69, 9.17) is 0 Å². The van der Waals surface area contributed by atoms with Gasteiger partial charge in [0, 0.05) is 6.42 Å². The van der Waals surface area contributed by atoms with Crippen molar-refractivity contribution >= 4 is 21.8 Å². The van der Waals surface area contributed by atoms with Crippen LogP contribution in [0.2, 0.25) is 0 Å². The third-order valence-electron chi connectivity index (χ3n) is 5.87. The molecule has 1 atom stereocenters. The fourth-order valence-electron chi connectivity index (χ4n) is 3.78. The van der Waals surface area contributed by atoms with Crippen LogP contribution in [0.3, 0.4) is 0 Å². The van der Waals surface area contributed by atoms with Crippen molar-refractivity contribution in [3.05, 3.63) is 66.0 Å². The van der Waals surface area contributed by atoms with Gasteiger partial charge in [0.1, 0.15) is 5.82 Å². The molecule has 1 unspecified atom stereocenters. The summed E-state index contributed by atoms with van der Waals surface area (Å²) >= 11 is 0. The Morgan fingerprint density at radius 3 is 2.48 bits per heavy atom. The number of fused-ring (bicyclic) bond motifs is 2. The molecule has 0 aliphatic carbocycles. The Kier molecular flexibility index (Phi) is 4.73. The van der Waals surface area contributed by atoms with E-state index in [2.05, 4.69) is 92.3 Å². The Hall–Kier alpha value is -2.61. The van der Waals surface area contributed by atoms with Gasteiger partial charge >= 0.3 is 0 Å². The van der Waals surface area contributed by atoms with Gasteiger partial charge in [0.05, 0.1) is 11.0 Å². The SMILES string of the molecule is CCc1nc2ccc(-c3cccc4c(CC(C)C(C)C)cccc34)cc2[nH]1. The highest BCUT2D eigenvalue weighted by Gasteiger charge is 2.12. The van der Waals surface area contributed by atoms with Crippen molar-refractivity contribution in [1.29, 1.82) is 0 Å². The smallest absolute Gasteiger partial charge is 0.106 e. The zero-order chi connectivity index (χ0) is 19.0. The number of rotatable bonds is 5. The van der Waals surface area contributed by atoms with Gasteiger partial charge in [0.2, 0.25) is 0 Å². The number of aromatic amines is 1. The molecule has 4 rings (SSSR count). The number of imidazole rings is 1. The van der Waals surface area contributed by atoms with E-state index in [1.54, 1.807) is 0 Å². The van der Waals surface area contributed by atoms with E-state index in [1.165, 1.54) is 27.5 Å². The molecule has 3 aromatic carbocycles. The van der Waals surface area contributed by atoms with Crippen LogP contribution in [-0.4, -0.2) is 9.97 Å². The van der Waals surface area contributed by atoms with E-state index < -0.39 is 0 Å². The zero-order valence-electron chi connectivity index (χ0n) is 16.7. The molecule has 0 saturated carbocycles. The third-order valence-corrected chi connectivity index (χ3v) is 5.87. The first-order chi connectivity index (χ1) is 13.1. The number of hydrogen-bond donors (Lipinski definition) is 1. The highest BCUT2D eigenvalue weighted by Crippen LogP contribution is 2.33.